The summed E-state index contributed by atoms with van der Waals surface area (Å²) in [6.45, 7) is 2.31. The molecule has 112 valence electrons. The van der Waals surface area contributed by atoms with Crippen LogP contribution in [0.3, 0.4) is 0 Å². The van der Waals surface area contributed by atoms with Crippen LogP contribution in [-0.4, -0.2) is 72.7 Å². The molecule has 0 spiro atoms. The Balaban J connectivity index is 2.89. The highest BCUT2D eigenvalue weighted by molar-refractivity contribution is 5.99. The first-order chi connectivity index (χ1) is 9.38. The van der Waals surface area contributed by atoms with Crippen molar-refractivity contribution in [1.29, 1.82) is 0 Å². The molecule has 0 unspecified atom stereocenters. The van der Waals surface area contributed by atoms with Gasteiger partial charge in [0.1, 0.15) is 6.54 Å². The predicted molar refractivity (Wildman–Crippen MR) is 74.2 cm³/mol. The Morgan fingerprint density at radius 2 is 2.05 bits per heavy atom. The van der Waals surface area contributed by atoms with E-state index in [2.05, 4.69) is 10.2 Å². The highest BCUT2D eigenvalue weighted by atomic mass is 16.5. The number of aromatic nitrogens is 2. The first-order valence-electron chi connectivity index (χ1n) is 6.17. The summed E-state index contributed by atoms with van der Waals surface area (Å²) in [7, 11) is 4.80. The molecule has 1 heterocycles. The number of aromatic amines is 1. The highest BCUT2D eigenvalue weighted by Gasteiger charge is 2.24. The van der Waals surface area contributed by atoms with Gasteiger partial charge in [-0.05, 0) is 6.92 Å². The molecular weight excluding hydrogens is 262 g/mol. The monoisotopic (exact) mass is 283 g/mol. The molecule has 20 heavy (non-hydrogen) atoms. The lowest BCUT2D eigenvalue weighted by Gasteiger charge is -2.22. The third-order valence-corrected chi connectivity index (χ3v) is 2.87. The lowest BCUT2D eigenvalue weighted by Crippen LogP contribution is -2.42. The van der Waals surface area contributed by atoms with Crippen molar-refractivity contribution in [2.24, 2.45) is 0 Å². The van der Waals surface area contributed by atoms with E-state index in [0.29, 0.717) is 24.5 Å². The Morgan fingerprint density at radius 1 is 1.40 bits per heavy atom. The Kier molecular flexibility index (Phi) is 5.51. The van der Waals surface area contributed by atoms with Gasteiger partial charge in [0.15, 0.2) is 5.69 Å². The van der Waals surface area contributed by atoms with Gasteiger partial charge in [0.25, 0.3) is 5.91 Å². The van der Waals surface area contributed by atoms with Gasteiger partial charge < -0.3 is 20.3 Å². The Morgan fingerprint density at radius 3 is 2.50 bits per heavy atom. The van der Waals surface area contributed by atoms with E-state index in [-0.39, 0.29) is 24.1 Å². The third kappa shape index (κ3) is 3.70. The summed E-state index contributed by atoms with van der Waals surface area (Å²) in [5.41, 5.74) is 6.85. The number of H-pyrrole nitrogens is 1. The lowest BCUT2D eigenvalue weighted by atomic mass is 10.2. The van der Waals surface area contributed by atoms with Crippen LogP contribution < -0.4 is 5.73 Å². The molecule has 3 N–H and O–H groups in total. The summed E-state index contributed by atoms with van der Waals surface area (Å²) < 4.78 is 4.96. The normalized spacial score (nSPS) is 10.4. The van der Waals surface area contributed by atoms with Crippen LogP contribution in [0.1, 0.15) is 16.2 Å². The van der Waals surface area contributed by atoms with E-state index in [4.69, 9.17) is 10.5 Å². The van der Waals surface area contributed by atoms with Gasteiger partial charge >= 0.3 is 0 Å². The van der Waals surface area contributed by atoms with E-state index in [9.17, 15) is 9.59 Å². The fourth-order valence-corrected chi connectivity index (χ4v) is 1.51. The lowest BCUT2D eigenvalue weighted by molar-refractivity contribution is -0.129. The minimum Gasteiger partial charge on any atom is -0.395 e. The van der Waals surface area contributed by atoms with Crippen LogP contribution in [0.25, 0.3) is 0 Å². The number of nitrogens with zero attached hydrogens (tertiary/aromatic N) is 3. The van der Waals surface area contributed by atoms with E-state index in [1.807, 2.05) is 0 Å². The SMILES string of the molecule is COCCN(CC(=O)N(C)C)C(=O)c1n[nH]c(C)c1N. The molecule has 1 aromatic rings. The molecule has 0 aromatic carbocycles. The number of carbonyl (C=O) groups excluding carboxylic acids is 2. The van der Waals surface area contributed by atoms with Crippen molar-refractivity contribution in [2.75, 3.05) is 46.6 Å². The van der Waals surface area contributed by atoms with Gasteiger partial charge in [0.2, 0.25) is 5.91 Å². The molecule has 0 radical (unpaired) electrons. The third-order valence-electron chi connectivity index (χ3n) is 2.87. The largest absolute Gasteiger partial charge is 0.395 e. The van der Waals surface area contributed by atoms with Gasteiger partial charge in [-0.3, -0.25) is 14.7 Å². The fraction of sp³-hybridized carbons (Fsp3) is 0.583. The maximum Gasteiger partial charge on any atom is 0.277 e. The number of anilines is 1. The molecule has 0 aliphatic heterocycles. The van der Waals surface area contributed by atoms with Crippen molar-refractivity contribution in [3.05, 3.63) is 11.4 Å². The number of aryl methyl sites for hydroxylation is 1. The van der Waals surface area contributed by atoms with Crippen LogP contribution in [0.15, 0.2) is 0 Å². The van der Waals surface area contributed by atoms with Crippen molar-refractivity contribution in [2.45, 2.75) is 6.92 Å². The molecule has 2 amide bonds. The van der Waals surface area contributed by atoms with Crippen LogP contribution in [0, 0.1) is 6.92 Å². The molecule has 0 saturated heterocycles. The Hall–Kier alpha value is -2.09. The summed E-state index contributed by atoms with van der Waals surface area (Å²) >= 11 is 0. The standard InChI is InChI=1S/C12H21N5O3/c1-8-10(13)11(15-14-8)12(19)17(5-6-20-4)7-9(18)16(2)3/h5-7,13H2,1-4H3,(H,14,15). The van der Waals surface area contributed by atoms with Gasteiger partial charge in [0, 0.05) is 27.7 Å². The number of methoxy groups -OCH3 is 1. The minimum absolute atomic E-state index is 0.0411. The highest BCUT2D eigenvalue weighted by Crippen LogP contribution is 2.14. The average Bonchev–Trinajstić information content (AvgIpc) is 2.73. The minimum atomic E-state index is -0.390. The zero-order valence-corrected chi connectivity index (χ0v) is 12.3. The van der Waals surface area contributed by atoms with E-state index in [1.165, 1.54) is 16.9 Å². The summed E-state index contributed by atoms with van der Waals surface area (Å²) in [5, 5.41) is 6.55. The van der Waals surface area contributed by atoms with Crippen LogP contribution in [0.2, 0.25) is 0 Å². The van der Waals surface area contributed by atoms with Gasteiger partial charge in [-0.2, -0.15) is 5.10 Å². The number of nitrogens with one attached hydrogen (secondary N) is 1. The molecular formula is C12H21N5O3. The summed E-state index contributed by atoms with van der Waals surface area (Å²) in [6, 6.07) is 0. The number of rotatable bonds is 6. The maximum absolute atomic E-state index is 12.4. The number of nitrogens with two attached hydrogens (primary N) is 1. The second kappa shape index (κ2) is 6.90. The zero-order valence-electron chi connectivity index (χ0n) is 12.3. The van der Waals surface area contributed by atoms with Crippen LogP contribution in [0.5, 0.6) is 0 Å². The molecule has 0 aliphatic carbocycles. The molecule has 1 rings (SSSR count). The van der Waals surface area contributed by atoms with Crippen LogP contribution >= 0.6 is 0 Å². The molecule has 0 fully saturated rings. The first kappa shape index (κ1) is 16.0. The van der Waals surface area contributed by atoms with Gasteiger partial charge in [-0.25, -0.2) is 0 Å². The van der Waals surface area contributed by atoms with Crippen molar-refractivity contribution >= 4 is 17.5 Å². The molecule has 0 aliphatic rings. The van der Waals surface area contributed by atoms with Gasteiger partial charge in [-0.15, -0.1) is 0 Å². The molecule has 1 aromatic heterocycles. The van der Waals surface area contributed by atoms with Crippen molar-refractivity contribution < 1.29 is 14.3 Å². The molecule has 8 heteroatoms. The van der Waals surface area contributed by atoms with E-state index in [0.717, 1.165) is 0 Å². The average molecular weight is 283 g/mol. The molecule has 0 saturated carbocycles. The summed E-state index contributed by atoms with van der Waals surface area (Å²) in [4.78, 5) is 26.9. The van der Waals surface area contributed by atoms with Gasteiger partial charge in [-0.1, -0.05) is 0 Å². The van der Waals surface area contributed by atoms with Crippen LogP contribution in [-0.2, 0) is 9.53 Å². The second-order valence-corrected chi connectivity index (χ2v) is 4.62. The zero-order chi connectivity index (χ0) is 15.3. The van der Waals surface area contributed by atoms with Crippen molar-refractivity contribution in [3.63, 3.8) is 0 Å². The molecule has 0 atom stereocenters. The number of likely N-dealkylation sites (N-methyl/N-ethyl adjacent to an activating group) is 1. The van der Waals surface area contributed by atoms with E-state index < -0.39 is 0 Å². The van der Waals surface area contributed by atoms with Crippen LogP contribution in [0.4, 0.5) is 5.69 Å². The topological polar surface area (TPSA) is 105 Å². The smallest absolute Gasteiger partial charge is 0.277 e. The quantitative estimate of drug-likeness (QED) is 0.730. The maximum atomic E-state index is 12.4. The Bertz CT molecular complexity index is 483. The number of ether oxygens (including phenoxy) is 1. The van der Waals surface area contributed by atoms with E-state index in [1.54, 1.807) is 21.0 Å². The van der Waals surface area contributed by atoms with E-state index >= 15 is 0 Å². The molecule has 0 bridgehead atoms. The van der Waals surface area contributed by atoms with Crippen molar-refractivity contribution in [1.82, 2.24) is 20.0 Å². The summed E-state index contributed by atoms with van der Waals surface area (Å²) in [5.74, 6) is -0.570. The number of nitrogen functional groups attached to an aromatic ring is 1. The number of hydrogen-bond acceptors (Lipinski definition) is 5. The number of hydrogen-bond donors (Lipinski definition) is 2. The number of carbonyl (C=O) groups is 2. The van der Waals surface area contributed by atoms with Gasteiger partial charge in [0.05, 0.1) is 18.0 Å². The summed E-state index contributed by atoms with van der Waals surface area (Å²) in [6.07, 6.45) is 0. The second-order valence-electron chi connectivity index (χ2n) is 4.62. The molecule has 8 nitrogen and oxygen atoms in total. The first-order valence-corrected chi connectivity index (χ1v) is 6.17. The Labute approximate surface area is 117 Å². The van der Waals surface area contributed by atoms with Crippen molar-refractivity contribution in [3.8, 4) is 0 Å². The predicted octanol–water partition coefficient (Wildman–Crippen LogP) is -0.523. The fourth-order valence-electron chi connectivity index (χ4n) is 1.51. The number of amides is 2.